The smallest absolute Gasteiger partial charge is 0.244 e. The van der Waals surface area contributed by atoms with Crippen molar-refractivity contribution in [3.05, 3.63) is 18.0 Å². The number of aryl methyl sites for hydroxylation is 1. The molecule has 0 aromatic carbocycles. The number of aromatic nitrogens is 1. The Morgan fingerprint density at radius 2 is 1.95 bits per heavy atom. The SMILES string of the molecule is CCn1cc(S(=O)(=O)N(C)C(C)(C)CC)cc1CO. The van der Waals surface area contributed by atoms with Crippen LogP contribution in [0.25, 0.3) is 0 Å². The van der Waals surface area contributed by atoms with E-state index < -0.39 is 15.6 Å². The van der Waals surface area contributed by atoms with Crippen molar-refractivity contribution in [2.24, 2.45) is 0 Å². The van der Waals surface area contributed by atoms with Gasteiger partial charge in [-0.3, -0.25) is 0 Å². The Morgan fingerprint density at radius 3 is 2.32 bits per heavy atom. The van der Waals surface area contributed by atoms with Gasteiger partial charge in [0.1, 0.15) is 4.90 Å². The van der Waals surface area contributed by atoms with E-state index in [-0.39, 0.29) is 11.5 Å². The van der Waals surface area contributed by atoms with Crippen molar-refractivity contribution in [2.45, 2.75) is 57.7 Å². The normalized spacial score (nSPS) is 13.2. The summed E-state index contributed by atoms with van der Waals surface area (Å²) in [6.07, 6.45) is 2.31. The first kappa shape index (κ1) is 16.2. The average molecular weight is 288 g/mol. The van der Waals surface area contributed by atoms with E-state index in [1.807, 2.05) is 27.7 Å². The maximum atomic E-state index is 12.6. The van der Waals surface area contributed by atoms with Crippen molar-refractivity contribution < 1.29 is 13.5 Å². The van der Waals surface area contributed by atoms with Gasteiger partial charge in [-0.15, -0.1) is 0 Å². The quantitative estimate of drug-likeness (QED) is 0.868. The number of hydrogen-bond acceptors (Lipinski definition) is 3. The fourth-order valence-electron chi connectivity index (χ4n) is 1.80. The predicted octanol–water partition coefficient (Wildman–Crippen LogP) is 1.81. The Labute approximate surface area is 115 Å². The maximum absolute atomic E-state index is 12.6. The predicted molar refractivity (Wildman–Crippen MR) is 75.3 cm³/mol. The maximum Gasteiger partial charge on any atom is 0.244 e. The third kappa shape index (κ3) is 3.01. The number of rotatable bonds is 6. The molecule has 0 aliphatic rings. The zero-order valence-electron chi connectivity index (χ0n) is 12.3. The molecule has 0 radical (unpaired) electrons. The topological polar surface area (TPSA) is 62.5 Å². The van der Waals surface area contributed by atoms with Crippen LogP contribution in [0, 0.1) is 0 Å². The summed E-state index contributed by atoms with van der Waals surface area (Å²) in [5.74, 6) is 0. The lowest BCUT2D eigenvalue weighted by Crippen LogP contribution is -2.44. The molecule has 1 rings (SSSR count). The third-order valence-corrected chi connectivity index (χ3v) is 5.87. The molecule has 0 unspecified atom stereocenters. The molecule has 0 amide bonds. The fourth-order valence-corrected chi connectivity index (χ4v) is 3.44. The molecule has 6 heteroatoms. The molecule has 19 heavy (non-hydrogen) atoms. The molecular weight excluding hydrogens is 264 g/mol. The lowest BCUT2D eigenvalue weighted by molar-refractivity contribution is 0.257. The molecule has 5 nitrogen and oxygen atoms in total. The molecule has 0 spiro atoms. The number of hydrogen-bond donors (Lipinski definition) is 1. The minimum absolute atomic E-state index is 0.162. The Balaban J connectivity index is 3.24. The molecule has 0 saturated heterocycles. The molecular formula is C13H24N2O3S. The van der Waals surface area contributed by atoms with E-state index in [9.17, 15) is 13.5 Å². The van der Waals surface area contributed by atoms with Crippen LogP contribution in [0.15, 0.2) is 17.2 Å². The summed E-state index contributed by atoms with van der Waals surface area (Å²) in [5, 5.41) is 9.24. The van der Waals surface area contributed by atoms with Gasteiger partial charge in [0.05, 0.1) is 6.61 Å². The minimum Gasteiger partial charge on any atom is -0.390 e. The summed E-state index contributed by atoms with van der Waals surface area (Å²) in [5.41, 5.74) is 0.177. The highest BCUT2D eigenvalue weighted by Gasteiger charge is 2.33. The third-order valence-electron chi connectivity index (χ3n) is 3.84. The van der Waals surface area contributed by atoms with Gasteiger partial charge in [0, 0.05) is 31.0 Å². The van der Waals surface area contributed by atoms with Crippen LogP contribution >= 0.6 is 0 Å². The van der Waals surface area contributed by atoms with Crippen molar-refractivity contribution in [2.75, 3.05) is 7.05 Å². The first-order valence-electron chi connectivity index (χ1n) is 6.49. The van der Waals surface area contributed by atoms with Gasteiger partial charge < -0.3 is 9.67 Å². The first-order chi connectivity index (χ1) is 8.70. The molecule has 110 valence electrons. The van der Waals surface area contributed by atoms with Gasteiger partial charge in [-0.1, -0.05) is 6.92 Å². The summed E-state index contributed by atoms with van der Waals surface area (Å²) in [4.78, 5) is 0.238. The van der Waals surface area contributed by atoms with Gasteiger partial charge in [0.25, 0.3) is 0 Å². The molecule has 1 heterocycles. The molecule has 0 aliphatic heterocycles. The highest BCUT2D eigenvalue weighted by molar-refractivity contribution is 7.89. The fraction of sp³-hybridized carbons (Fsp3) is 0.692. The van der Waals surface area contributed by atoms with E-state index >= 15 is 0 Å². The van der Waals surface area contributed by atoms with E-state index in [0.717, 1.165) is 6.42 Å². The van der Waals surface area contributed by atoms with Crippen LogP contribution in [0.4, 0.5) is 0 Å². The molecule has 1 N–H and O–H groups in total. The standard InChI is InChI=1S/C13H24N2O3S/c1-6-13(3,4)14(5)19(17,18)12-8-11(10-16)15(7-2)9-12/h8-9,16H,6-7,10H2,1-5H3. The van der Waals surface area contributed by atoms with Crippen LogP contribution in [-0.2, 0) is 23.2 Å². The van der Waals surface area contributed by atoms with Gasteiger partial charge in [-0.05, 0) is 33.3 Å². The van der Waals surface area contributed by atoms with Crippen LogP contribution in [0.5, 0.6) is 0 Å². The van der Waals surface area contributed by atoms with Gasteiger partial charge in [-0.25, -0.2) is 8.42 Å². The number of nitrogens with zero attached hydrogens (tertiary/aromatic N) is 2. The lowest BCUT2D eigenvalue weighted by atomic mass is 10.0. The Kier molecular flexibility index (Phi) is 4.81. The molecule has 0 saturated carbocycles. The lowest BCUT2D eigenvalue weighted by Gasteiger charge is -2.33. The van der Waals surface area contributed by atoms with Crippen LogP contribution in [0.3, 0.4) is 0 Å². The van der Waals surface area contributed by atoms with E-state index in [1.54, 1.807) is 23.9 Å². The molecule has 1 aromatic heterocycles. The summed E-state index contributed by atoms with van der Waals surface area (Å²) in [6.45, 7) is 8.14. The molecule has 0 bridgehead atoms. The minimum atomic E-state index is -3.53. The monoisotopic (exact) mass is 288 g/mol. The zero-order valence-corrected chi connectivity index (χ0v) is 13.2. The van der Waals surface area contributed by atoms with E-state index in [2.05, 4.69) is 0 Å². The van der Waals surface area contributed by atoms with Gasteiger partial charge >= 0.3 is 0 Å². The molecule has 0 aliphatic carbocycles. The Bertz CT molecular complexity index is 511. The zero-order chi connectivity index (χ0) is 14.8. The average Bonchev–Trinajstić information content (AvgIpc) is 2.81. The van der Waals surface area contributed by atoms with Crippen molar-refractivity contribution >= 4 is 10.0 Å². The number of sulfonamides is 1. The van der Waals surface area contributed by atoms with E-state index in [0.29, 0.717) is 12.2 Å². The van der Waals surface area contributed by atoms with Crippen LogP contribution in [0.1, 0.15) is 39.8 Å². The van der Waals surface area contributed by atoms with Crippen molar-refractivity contribution in [3.8, 4) is 0 Å². The molecule has 0 fully saturated rings. The molecule has 1 aromatic rings. The molecule has 0 atom stereocenters. The van der Waals surface area contributed by atoms with Crippen molar-refractivity contribution in [3.63, 3.8) is 0 Å². The van der Waals surface area contributed by atoms with Gasteiger partial charge in [-0.2, -0.15) is 4.31 Å². The number of aliphatic hydroxyl groups excluding tert-OH is 1. The second-order valence-corrected chi connectivity index (χ2v) is 7.22. The highest BCUT2D eigenvalue weighted by Crippen LogP contribution is 2.26. The van der Waals surface area contributed by atoms with Gasteiger partial charge in [0.15, 0.2) is 0 Å². The Morgan fingerprint density at radius 1 is 1.37 bits per heavy atom. The van der Waals surface area contributed by atoms with Gasteiger partial charge in [0.2, 0.25) is 10.0 Å². The van der Waals surface area contributed by atoms with Crippen LogP contribution in [-0.4, -0.2) is 35.0 Å². The summed E-state index contributed by atoms with van der Waals surface area (Å²) < 4.78 is 28.3. The first-order valence-corrected chi connectivity index (χ1v) is 7.93. The Hall–Kier alpha value is -0.850. The summed E-state index contributed by atoms with van der Waals surface area (Å²) in [7, 11) is -1.93. The second kappa shape index (κ2) is 5.64. The number of aliphatic hydroxyl groups is 1. The van der Waals surface area contributed by atoms with Crippen LogP contribution in [0.2, 0.25) is 0 Å². The highest BCUT2D eigenvalue weighted by atomic mass is 32.2. The van der Waals surface area contributed by atoms with Crippen molar-refractivity contribution in [1.82, 2.24) is 8.87 Å². The van der Waals surface area contributed by atoms with E-state index in [1.165, 1.54) is 4.31 Å². The van der Waals surface area contributed by atoms with Crippen molar-refractivity contribution in [1.29, 1.82) is 0 Å². The summed E-state index contributed by atoms with van der Waals surface area (Å²) >= 11 is 0. The second-order valence-electron chi connectivity index (χ2n) is 5.25. The summed E-state index contributed by atoms with van der Waals surface area (Å²) in [6, 6.07) is 1.54. The largest absolute Gasteiger partial charge is 0.390 e. The van der Waals surface area contributed by atoms with E-state index in [4.69, 9.17) is 0 Å². The van der Waals surface area contributed by atoms with Crippen LogP contribution < -0.4 is 0 Å².